The van der Waals surface area contributed by atoms with Crippen molar-refractivity contribution in [2.75, 3.05) is 11.9 Å². The third-order valence-electron chi connectivity index (χ3n) is 2.45. The number of ether oxygens (including phenoxy) is 1. The van der Waals surface area contributed by atoms with Crippen molar-refractivity contribution in [2.24, 2.45) is 0 Å². The van der Waals surface area contributed by atoms with Crippen LogP contribution in [0, 0.1) is 18.3 Å². The molecule has 2 rings (SSSR count). The van der Waals surface area contributed by atoms with Crippen LogP contribution in [-0.2, 0) is 0 Å². The predicted octanol–water partition coefficient (Wildman–Crippen LogP) is 2.80. The Balaban J connectivity index is 2.37. The second-order valence-corrected chi connectivity index (χ2v) is 3.87. The summed E-state index contributed by atoms with van der Waals surface area (Å²) in [6.45, 7) is 4.24. The summed E-state index contributed by atoms with van der Waals surface area (Å²) in [5.74, 6) is 1.62. The smallest absolute Gasteiger partial charge is 0.179 e. The summed E-state index contributed by atoms with van der Waals surface area (Å²) in [6.07, 6.45) is 1.57. The van der Waals surface area contributed by atoms with Crippen LogP contribution in [0.4, 0.5) is 11.6 Å². The van der Waals surface area contributed by atoms with Crippen molar-refractivity contribution in [1.29, 1.82) is 5.26 Å². The lowest BCUT2D eigenvalue weighted by molar-refractivity contribution is 0.340. The van der Waals surface area contributed by atoms with Crippen LogP contribution in [0.3, 0.4) is 0 Å². The maximum atomic E-state index is 9.08. The Morgan fingerprint density at radius 2 is 2.21 bits per heavy atom. The molecule has 2 heterocycles. The Hall–Kier alpha value is -2.61. The highest BCUT2D eigenvalue weighted by Crippen LogP contribution is 2.28. The number of aryl methyl sites for hydroxylation is 1. The SMILES string of the molecule is CCOc1c(C#N)ccnc1Nc1cccc(C)n1. The number of aromatic nitrogens is 2. The molecule has 0 saturated carbocycles. The van der Waals surface area contributed by atoms with Crippen LogP contribution < -0.4 is 10.1 Å². The number of nitrogens with one attached hydrogen (secondary N) is 1. The topological polar surface area (TPSA) is 70.8 Å². The van der Waals surface area contributed by atoms with E-state index >= 15 is 0 Å². The molecule has 2 aromatic rings. The molecule has 0 radical (unpaired) electrons. The maximum Gasteiger partial charge on any atom is 0.179 e. The van der Waals surface area contributed by atoms with E-state index in [4.69, 9.17) is 10.00 Å². The lowest BCUT2D eigenvalue weighted by Crippen LogP contribution is -2.03. The Morgan fingerprint density at radius 1 is 1.37 bits per heavy atom. The summed E-state index contributed by atoms with van der Waals surface area (Å²) in [7, 11) is 0. The Morgan fingerprint density at radius 3 is 2.89 bits per heavy atom. The first kappa shape index (κ1) is 12.8. The van der Waals surface area contributed by atoms with Crippen LogP contribution in [0.5, 0.6) is 5.75 Å². The number of nitrogens with zero attached hydrogens (tertiary/aromatic N) is 3. The van der Waals surface area contributed by atoms with E-state index in [0.29, 0.717) is 29.6 Å². The Bertz CT molecular complexity index is 619. The van der Waals surface area contributed by atoms with E-state index in [1.165, 1.54) is 0 Å². The standard InChI is InChI=1S/C14H14N4O/c1-3-19-13-11(9-15)7-8-16-14(13)18-12-6-4-5-10(2)17-12/h4-8H,3H2,1-2H3,(H,16,17,18). The van der Waals surface area contributed by atoms with Gasteiger partial charge in [-0.1, -0.05) is 6.07 Å². The summed E-state index contributed by atoms with van der Waals surface area (Å²) in [5, 5.41) is 12.2. The minimum atomic E-state index is 0.451. The van der Waals surface area contributed by atoms with E-state index in [1.54, 1.807) is 12.3 Å². The molecule has 0 unspecified atom stereocenters. The summed E-state index contributed by atoms with van der Waals surface area (Å²) in [5.41, 5.74) is 1.35. The predicted molar refractivity (Wildman–Crippen MR) is 72.4 cm³/mol. The molecule has 0 atom stereocenters. The summed E-state index contributed by atoms with van der Waals surface area (Å²) >= 11 is 0. The number of hydrogen-bond donors (Lipinski definition) is 1. The van der Waals surface area contributed by atoms with Gasteiger partial charge in [0.1, 0.15) is 11.9 Å². The average molecular weight is 254 g/mol. The van der Waals surface area contributed by atoms with Crippen LogP contribution in [0.2, 0.25) is 0 Å². The zero-order valence-electron chi connectivity index (χ0n) is 10.8. The quantitative estimate of drug-likeness (QED) is 0.908. The molecule has 1 N–H and O–H groups in total. The fourth-order valence-corrected chi connectivity index (χ4v) is 1.65. The van der Waals surface area contributed by atoms with E-state index in [1.807, 2.05) is 32.0 Å². The summed E-state index contributed by atoms with van der Waals surface area (Å²) in [4.78, 5) is 8.54. The Labute approximate surface area is 111 Å². The molecule has 2 aromatic heterocycles. The van der Waals surface area contributed by atoms with Gasteiger partial charge in [0.2, 0.25) is 0 Å². The minimum absolute atomic E-state index is 0.451. The number of rotatable bonds is 4. The lowest BCUT2D eigenvalue weighted by atomic mass is 10.2. The van der Waals surface area contributed by atoms with Crippen LogP contribution in [0.1, 0.15) is 18.2 Å². The fourth-order valence-electron chi connectivity index (χ4n) is 1.65. The molecule has 0 bridgehead atoms. The molecule has 0 fully saturated rings. The summed E-state index contributed by atoms with van der Waals surface area (Å²) in [6, 6.07) is 9.37. The van der Waals surface area contributed by atoms with Gasteiger partial charge < -0.3 is 10.1 Å². The fraction of sp³-hybridized carbons (Fsp3) is 0.214. The number of nitriles is 1. The molecule has 5 heteroatoms. The van der Waals surface area contributed by atoms with E-state index in [9.17, 15) is 0 Å². The second kappa shape index (κ2) is 5.83. The van der Waals surface area contributed by atoms with Gasteiger partial charge in [-0.15, -0.1) is 0 Å². The summed E-state index contributed by atoms with van der Waals surface area (Å²) < 4.78 is 5.49. The van der Waals surface area contributed by atoms with Crippen molar-refractivity contribution in [3.8, 4) is 11.8 Å². The molecule has 19 heavy (non-hydrogen) atoms. The third-order valence-corrected chi connectivity index (χ3v) is 2.45. The normalized spacial score (nSPS) is 9.74. The van der Waals surface area contributed by atoms with E-state index in [-0.39, 0.29) is 0 Å². The van der Waals surface area contributed by atoms with Gasteiger partial charge in [-0.3, -0.25) is 0 Å². The van der Waals surface area contributed by atoms with Gasteiger partial charge in [0.05, 0.1) is 12.2 Å². The van der Waals surface area contributed by atoms with Gasteiger partial charge in [0.25, 0.3) is 0 Å². The van der Waals surface area contributed by atoms with Crippen LogP contribution in [-0.4, -0.2) is 16.6 Å². The zero-order valence-corrected chi connectivity index (χ0v) is 10.8. The molecule has 0 aromatic carbocycles. The van der Waals surface area contributed by atoms with E-state index < -0.39 is 0 Å². The minimum Gasteiger partial charge on any atom is -0.489 e. The molecule has 0 aliphatic carbocycles. The molecule has 96 valence electrons. The zero-order chi connectivity index (χ0) is 13.7. The van der Waals surface area contributed by atoms with Crippen LogP contribution in [0.25, 0.3) is 0 Å². The van der Waals surface area contributed by atoms with Crippen molar-refractivity contribution >= 4 is 11.6 Å². The van der Waals surface area contributed by atoms with Crippen molar-refractivity contribution in [1.82, 2.24) is 9.97 Å². The highest BCUT2D eigenvalue weighted by molar-refractivity contribution is 5.64. The first-order valence-corrected chi connectivity index (χ1v) is 5.97. The average Bonchev–Trinajstić information content (AvgIpc) is 2.41. The van der Waals surface area contributed by atoms with Crippen LogP contribution in [0.15, 0.2) is 30.5 Å². The van der Waals surface area contributed by atoms with Gasteiger partial charge in [0.15, 0.2) is 11.6 Å². The van der Waals surface area contributed by atoms with E-state index in [2.05, 4.69) is 21.4 Å². The first-order chi connectivity index (χ1) is 9.24. The molecule has 0 aliphatic heterocycles. The van der Waals surface area contributed by atoms with Gasteiger partial charge in [-0.05, 0) is 32.0 Å². The van der Waals surface area contributed by atoms with Crippen molar-refractivity contribution in [2.45, 2.75) is 13.8 Å². The Kier molecular flexibility index (Phi) is 3.94. The molecule has 0 aliphatic rings. The monoisotopic (exact) mass is 254 g/mol. The first-order valence-electron chi connectivity index (χ1n) is 5.97. The third kappa shape index (κ3) is 2.99. The largest absolute Gasteiger partial charge is 0.489 e. The molecule has 0 saturated heterocycles. The van der Waals surface area contributed by atoms with E-state index in [0.717, 1.165) is 5.69 Å². The van der Waals surface area contributed by atoms with Crippen molar-refractivity contribution < 1.29 is 4.74 Å². The van der Waals surface area contributed by atoms with Crippen molar-refractivity contribution in [3.63, 3.8) is 0 Å². The maximum absolute atomic E-state index is 9.08. The molecule has 0 amide bonds. The molecular weight excluding hydrogens is 240 g/mol. The number of pyridine rings is 2. The number of hydrogen-bond acceptors (Lipinski definition) is 5. The second-order valence-electron chi connectivity index (χ2n) is 3.87. The van der Waals surface area contributed by atoms with Gasteiger partial charge in [-0.25, -0.2) is 9.97 Å². The van der Waals surface area contributed by atoms with Gasteiger partial charge >= 0.3 is 0 Å². The van der Waals surface area contributed by atoms with Crippen molar-refractivity contribution in [3.05, 3.63) is 41.7 Å². The van der Waals surface area contributed by atoms with Crippen LogP contribution >= 0.6 is 0 Å². The van der Waals surface area contributed by atoms with Gasteiger partial charge in [0, 0.05) is 11.9 Å². The highest BCUT2D eigenvalue weighted by atomic mass is 16.5. The molecule has 0 spiro atoms. The lowest BCUT2D eigenvalue weighted by Gasteiger charge is -2.12. The highest BCUT2D eigenvalue weighted by Gasteiger charge is 2.11. The number of anilines is 2. The van der Waals surface area contributed by atoms with Gasteiger partial charge in [-0.2, -0.15) is 5.26 Å². The molecule has 5 nitrogen and oxygen atoms in total. The molecular formula is C14H14N4O.